The lowest BCUT2D eigenvalue weighted by Crippen LogP contribution is -2.05. The van der Waals surface area contributed by atoms with Gasteiger partial charge in [-0.15, -0.1) is 11.3 Å². The summed E-state index contributed by atoms with van der Waals surface area (Å²) in [5.74, 6) is 0.222. The molecule has 2 heteroatoms. The first-order valence-electron chi connectivity index (χ1n) is 5.44. The third kappa shape index (κ3) is 2.39. The zero-order valence-corrected chi connectivity index (χ0v) is 10.1. The Labute approximate surface area is 99.8 Å². The molecule has 2 aromatic rings. The summed E-state index contributed by atoms with van der Waals surface area (Å²) in [5.41, 5.74) is 2.02. The van der Waals surface area contributed by atoms with Crippen LogP contribution in [-0.4, -0.2) is 5.78 Å². The number of carbonyl (C=O) groups excluding carboxylic acids is 1. The Balaban J connectivity index is 2.21. The molecule has 0 fully saturated rings. The molecular weight excluding hydrogens is 216 g/mol. The van der Waals surface area contributed by atoms with E-state index in [1.807, 2.05) is 41.8 Å². The molecule has 0 unspecified atom stereocenters. The van der Waals surface area contributed by atoms with E-state index in [0.717, 1.165) is 22.4 Å². The molecule has 1 aromatic carbocycles. The number of hydrogen-bond donors (Lipinski definition) is 0. The molecule has 0 spiro atoms. The third-order valence-corrected chi connectivity index (χ3v) is 3.49. The Bertz CT molecular complexity index is 471. The number of ketones is 1. The second-order valence-electron chi connectivity index (χ2n) is 3.69. The van der Waals surface area contributed by atoms with E-state index >= 15 is 0 Å². The van der Waals surface area contributed by atoms with Gasteiger partial charge in [0.15, 0.2) is 5.78 Å². The average Bonchev–Trinajstić information content (AvgIpc) is 2.81. The van der Waals surface area contributed by atoms with Crippen molar-refractivity contribution < 1.29 is 4.79 Å². The van der Waals surface area contributed by atoms with Crippen LogP contribution in [0.2, 0.25) is 0 Å². The van der Waals surface area contributed by atoms with Gasteiger partial charge in [0.1, 0.15) is 0 Å². The maximum atomic E-state index is 12.1. The quantitative estimate of drug-likeness (QED) is 0.731. The molecule has 0 aliphatic heterocycles. The highest BCUT2D eigenvalue weighted by molar-refractivity contribution is 7.10. The molecule has 0 atom stereocenters. The molecule has 0 radical (unpaired) electrons. The molecule has 1 nitrogen and oxygen atoms in total. The Morgan fingerprint density at radius 2 is 2.00 bits per heavy atom. The van der Waals surface area contributed by atoms with Crippen molar-refractivity contribution in [1.82, 2.24) is 0 Å². The molecule has 2 rings (SSSR count). The highest BCUT2D eigenvalue weighted by atomic mass is 32.1. The lowest BCUT2D eigenvalue weighted by molar-refractivity contribution is 0.0993. The maximum absolute atomic E-state index is 12.1. The van der Waals surface area contributed by atoms with E-state index in [9.17, 15) is 4.79 Å². The van der Waals surface area contributed by atoms with Crippen molar-refractivity contribution in [1.29, 1.82) is 0 Å². The summed E-state index contributed by atoms with van der Waals surface area (Å²) in [6, 6.07) is 11.9. The van der Waals surface area contributed by atoms with Crippen LogP contribution in [-0.2, 0) is 12.8 Å². The fraction of sp³-hybridized carbons (Fsp3) is 0.214. The normalized spacial score (nSPS) is 10.3. The number of aryl methyl sites for hydroxylation is 1. The van der Waals surface area contributed by atoms with Crippen molar-refractivity contribution in [3.05, 3.63) is 57.8 Å². The van der Waals surface area contributed by atoms with E-state index < -0.39 is 0 Å². The fourth-order valence-corrected chi connectivity index (χ4v) is 2.47. The van der Waals surface area contributed by atoms with Crippen molar-refractivity contribution in [2.75, 3.05) is 0 Å². The Morgan fingerprint density at radius 3 is 2.69 bits per heavy atom. The number of carbonyl (C=O) groups is 1. The first-order valence-corrected chi connectivity index (χ1v) is 6.32. The second kappa shape index (κ2) is 5.08. The van der Waals surface area contributed by atoms with Gasteiger partial charge in [0.2, 0.25) is 0 Å². The molecule has 0 N–H and O–H groups in total. The molecule has 16 heavy (non-hydrogen) atoms. The van der Waals surface area contributed by atoms with E-state index in [0.29, 0.717) is 6.42 Å². The van der Waals surface area contributed by atoms with Gasteiger partial charge < -0.3 is 0 Å². The standard InChI is InChI=1S/C14H14OS/c1-2-11-6-3-4-8-13(11)14(15)10-12-7-5-9-16-12/h3-9H,2,10H2,1H3. The molecule has 0 aliphatic carbocycles. The van der Waals surface area contributed by atoms with Crippen LogP contribution in [0.1, 0.15) is 27.7 Å². The van der Waals surface area contributed by atoms with Crippen LogP contribution < -0.4 is 0 Å². The van der Waals surface area contributed by atoms with E-state index in [2.05, 4.69) is 6.92 Å². The maximum Gasteiger partial charge on any atom is 0.168 e. The van der Waals surface area contributed by atoms with Crippen LogP contribution in [0.4, 0.5) is 0 Å². The molecule has 0 amide bonds. The molecule has 82 valence electrons. The Morgan fingerprint density at radius 1 is 1.19 bits per heavy atom. The molecular formula is C14H14OS. The Kier molecular flexibility index (Phi) is 3.52. The topological polar surface area (TPSA) is 17.1 Å². The molecule has 0 saturated heterocycles. The van der Waals surface area contributed by atoms with Crippen molar-refractivity contribution in [3.8, 4) is 0 Å². The first kappa shape index (κ1) is 11.1. The number of benzene rings is 1. The largest absolute Gasteiger partial charge is 0.294 e. The van der Waals surface area contributed by atoms with Gasteiger partial charge in [0.25, 0.3) is 0 Å². The van der Waals surface area contributed by atoms with Gasteiger partial charge in [-0.05, 0) is 23.4 Å². The molecule has 0 bridgehead atoms. The minimum absolute atomic E-state index is 0.222. The van der Waals surface area contributed by atoms with Crippen LogP contribution in [0.25, 0.3) is 0 Å². The van der Waals surface area contributed by atoms with Gasteiger partial charge in [-0.25, -0.2) is 0 Å². The van der Waals surface area contributed by atoms with Gasteiger partial charge >= 0.3 is 0 Å². The van der Waals surface area contributed by atoms with Gasteiger partial charge in [0, 0.05) is 16.9 Å². The fourth-order valence-electron chi connectivity index (χ4n) is 1.77. The van der Waals surface area contributed by atoms with Crippen molar-refractivity contribution >= 4 is 17.1 Å². The summed E-state index contributed by atoms with van der Waals surface area (Å²) < 4.78 is 0. The van der Waals surface area contributed by atoms with E-state index in [1.54, 1.807) is 11.3 Å². The van der Waals surface area contributed by atoms with Gasteiger partial charge in [-0.3, -0.25) is 4.79 Å². The molecule has 1 aromatic heterocycles. The summed E-state index contributed by atoms with van der Waals surface area (Å²) in [5, 5.41) is 2.01. The van der Waals surface area contributed by atoms with Crippen LogP contribution in [0, 0.1) is 0 Å². The van der Waals surface area contributed by atoms with E-state index in [4.69, 9.17) is 0 Å². The zero-order chi connectivity index (χ0) is 11.4. The first-order chi connectivity index (χ1) is 7.81. The minimum Gasteiger partial charge on any atom is -0.294 e. The van der Waals surface area contributed by atoms with Crippen molar-refractivity contribution in [3.63, 3.8) is 0 Å². The lowest BCUT2D eigenvalue weighted by atomic mass is 9.99. The highest BCUT2D eigenvalue weighted by Crippen LogP contribution is 2.16. The number of thiophene rings is 1. The summed E-state index contributed by atoms with van der Waals surface area (Å²) >= 11 is 1.64. The number of hydrogen-bond acceptors (Lipinski definition) is 2. The van der Waals surface area contributed by atoms with Crippen LogP contribution in [0.15, 0.2) is 41.8 Å². The SMILES string of the molecule is CCc1ccccc1C(=O)Cc1cccs1. The van der Waals surface area contributed by atoms with Crippen LogP contribution in [0.5, 0.6) is 0 Å². The molecule has 0 aliphatic rings. The zero-order valence-electron chi connectivity index (χ0n) is 9.27. The van der Waals surface area contributed by atoms with Crippen LogP contribution >= 0.6 is 11.3 Å². The summed E-state index contributed by atoms with van der Waals surface area (Å²) in [6.45, 7) is 2.08. The van der Waals surface area contributed by atoms with Crippen molar-refractivity contribution in [2.45, 2.75) is 19.8 Å². The second-order valence-corrected chi connectivity index (χ2v) is 4.72. The van der Waals surface area contributed by atoms with Gasteiger partial charge in [-0.2, -0.15) is 0 Å². The predicted octanol–water partition coefficient (Wildman–Crippen LogP) is 3.74. The average molecular weight is 230 g/mol. The summed E-state index contributed by atoms with van der Waals surface area (Å²) in [4.78, 5) is 13.2. The number of rotatable bonds is 4. The molecule has 0 saturated carbocycles. The summed E-state index contributed by atoms with van der Waals surface area (Å²) in [6.07, 6.45) is 1.43. The highest BCUT2D eigenvalue weighted by Gasteiger charge is 2.10. The van der Waals surface area contributed by atoms with Crippen LogP contribution in [0.3, 0.4) is 0 Å². The van der Waals surface area contributed by atoms with E-state index in [1.165, 1.54) is 0 Å². The lowest BCUT2D eigenvalue weighted by Gasteiger charge is -2.05. The smallest absolute Gasteiger partial charge is 0.168 e. The van der Waals surface area contributed by atoms with Gasteiger partial charge in [0.05, 0.1) is 0 Å². The summed E-state index contributed by atoms with van der Waals surface area (Å²) in [7, 11) is 0. The molecule has 1 heterocycles. The predicted molar refractivity (Wildman–Crippen MR) is 68.2 cm³/mol. The van der Waals surface area contributed by atoms with E-state index in [-0.39, 0.29) is 5.78 Å². The third-order valence-electron chi connectivity index (χ3n) is 2.61. The number of Topliss-reactive ketones (excluding diaryl/α,β-unsaturated/α-hetero) is 1. The Hall–Kier alpha value is -1.41. The monoisotopic (exact) mass is 230 g/mol. The van der Waals surface area contributed by atoms with Gasteiger partial charge in [-0.1, -0.05) is 37.3 Å². The minimum atomic E-state index is 0.222. The van der Waals surface area contributed by atoms with Crippen molar-refractivity contribution in [2.24, 2.45) is 0 Å².